The summed E-state index contributed by atoms with van der Waals surface area (Å²) in [5.74, 6) is 0.264. The Bertz CT molecular complexity index is 907. The van der Waals surface area contributed by atoms with Crippen molar-refractivity contribution in [2.45, 2.75) is 0 Å². The van der Waals surface area contributed by atoms with Gasteiger partial charge in [-0.1, -0.05) is 41.4 Å². The highest BCUT2D eigenvalue weighted by Crippen LogP contribution is 2.35. The van der Waals surface area contributed by atoms with Crippen molar-refractivity contribution in [2.75, 3.05) is 7.11 Å². The van der Waals surface area contributed by atoms with Gasteiger partial charge in [-0.25, -0.2) is 4.98 Å². The van der Waals surface area contributed by atoms with Gasteiger partial charge in [0, 0.05) is 10.4 Å². The van der Waals surface area contributed by atoms with Crippen molar-refractivity contribution in [1.29, 1.82) is 0 Å². The van der Waals surface area contributed by atoms with Crippen LogP contribution in [0.5, 0.6) is 11.5 Å². The predicted molar refractivity (Wildman–Crippen MR) is 95.3 cm³/mol. The molecule has 0 aliphatic heterocycles. The fraction of sp³-hybridized carbons (Fsp3) is 0.0556. The summed E-state index contributed by atoms with van der Waals surface area (Å²) in [7, 11) is 1.48. The van der Waals surface area contributed by atoms with Crippen LogP contribution >= 0.6 is 23.2 Å². The van der Waals surface area contributed by atoms with E-state index in [1.807, 2.05) is 42.5 Å². The van der Waals surface area contributed by atoms with E-state index in [1.165, 1.54) is 7.11 Å². The minimum atomic E-state index is -0.0650. The van der Waals surface area contributed by atoms with Crippen LogP contribution in [-0.2, 0) is 0 Å². The number of nitrogens with zero attached hydrogens (tertiary/aromatic N) is 1. The number of methoxy groups -OCH3 is 1. The monoisotopic (exact) mass is 345 g/mol. The molecule has 116 valence electrons. The van der Waals surface area contributed by atoms with E-state index < -0.39 is 0 Å². The molecule has 0 bridgehead atoms. The molecule has 0 aliphatic rings. The van der Waals surface area contributed by atoms with Gasteiger partial charge in [-0.05, 0) is 42.0 Å². The van der Waals surface area contributed by atoms with E-state index in [-0.39, 0.29) is 10.8 Å². The predicted octanol–water partition coefficient (Wildman–Crippen LogP) is 5.43. The van der Waals surface area contributed by atoms with Gasteiger partial charge >= 0.3 is 0 Å². The molecule has 0 saturated heterocycles. The Morgan fingerprint density at radius 3 is 2.61 bits per heavy atom. The molecule has 1 N–H and O–H groups in total. The van der Waals surface area contributed by atoms with Crippen molar-refractivity contribution in [1.82, 2.24) is 4.98 Å². The van der Waals surface area contributed by atoms with Gasteiger partial charge in [-0.15, -0.1) is 0 Å². The molecule has 1 aromatic heterocycles. The first kappa shape index (κ1) is 15.7. The molecule has 0 unspecified atom stereocenters. The van der Waals surface area contributed by atoms with Crippen LogP contribution in [0.25, 0.3) is 23.1 Å². The first-order valence-corrected chi connectivity index (χ1v) is 7.63. The topological polar surface area (TPSA) is 42.4 Å². The van der Waals surface area contributed by atoms with E-state index in [1.54, 1.807) is 12.1 Å². The second-order valence-electron chi connectivity index (χ2n) is 4.96. The minimum absolute atomic E-state index is 0.0650. The maximum Gasteiger partial charge on any atom is 0.176 e. The number of fused-ring (bicyclic) bond motifs is 1. The Morgan fingerprint density at radius 1 is 1.04 bits per heavy atom. The van der Waals surface area contributed by atoms with E-state index in [0.29, 0.717) is 10.8 Å². The summed E-state index contributed by atoms with van der Waals surface area (Å²) in [4.78, 5) is 4.55. The molecule has 0 spiro atoms. The number of phenolic OH excluding ortho intramolecular Hbond substituents is 1. The Labute approximate surface area is 143 Å². The van der Waals surface area contributed by atoms with Crippen LogP contribution in [-0.4, -0.2) is 17.2 Å². The number of halogens is 2. The highest BCUT2D eigenvalue weighted by Gasteiger charge is 2.07. The Morgan fingerprint density at radius 2 is 1.83 bits per heavy atom. The maximum absolute atomic E-state index is 9.75. The van der Waals surface area contributed by atoms with Crippen molar-refractivity contribution in [3.8, 4) is 11.5 Å². The summed E-state index contributed by atoms with van der Waals surface area (Å²) in [5.41, 5.74) is 2.43. The number of aromatic nitrogens is 1. The van der Waals surface area contributed by atoms with Gasteiger partial charge in [0.05, 0.1) is 23.3 Å². The minimum Gasteiger partial charge on any atom is -0.503 e. The van der Waals surface area contributed by atoms with Crippen LogP contribution < -0.4 is 4.74 Å². The number of pyridine rings is 1. The molecule has 3 aromatic rings. The molecule has 0 saturated carbocycles. The highest BCUT2D eigenvalue weighted by molar-refractivity contribution is 6.32. The zero-order chi connectivity index (χ0) is 16.4. The van der Waals surface area contributed by atoms with Crippen LogP contribution in [0.2, 0.25) is 10.0 Å². The summed E-state index contributed by atoms with van der Waals surface area (Å²) in [6.07, 6.45) is 3.72. The van der Waals surface area contributed by atoms with E-state index in [2.05, 4.69) is 4.98 Å². The number of hydrogen-bond donors (Lipinski definition) is 1. The standard InChI is InChI=1S/C18H13Cl2NO2/c1-23-17-9-11(8-15(20)18(17)22)2-6-14-7-4-12-3-5-13(19)10-16(12)21-14/h2-10,22H,1H3/b6-2+. The van der Waals surface area contributed by atoms with Crippen molar-refractivity contribution in [3.63, 3.8) is 0 Å². The van der Waals surface area contributed by atoms with Crippen molar-refractivity contribution in [3.05, 3.63) is 63.8 Å². The summed E-state index contributed by atoms with van der Waals surface area (Å²) >= 11 is 12.0. The Balaban J connectivity index is 1.95. The van der Waals surface area contributed by atoms with Crippen molar-refractivity contribution >= 4 is 46.3 Å². The van der Waals surface area contributed by atoms with Crippen LogP contribution in [0.1, 0.15) is 11.3 Å². The van der Waals surface area contributed by atoms with E-state index in [0.717, 1.165) is 22.2 Å². The molecule has 0 radical (unpaired) electrons. The summed E-state index contributed by atoms with van der Waals surface area (Å²) < 4.78 is 5.09. The molecular weight excluding hydrogens is 333 g/mol. The van der Waals surface area contributed by atoms with Gasteiger partial charge in [0.25, 0.3) is 0 Å². The lowest BCUT2D eigenvalue weighted by molar-refractivity contribution is 0.373. The van der Waals surface area contributed by atoms with Crippen LogP contribution in [0.3, 0.4) is 0 Å². The number of aromatic hydroxyl groups is 1. The van der Waals surface area contributed by atoms with Gasteiger partial charge in [-0.3, -0.25) is 0 Å². The molecule has 0 atom stereocenters. The fourth-order valence-corrected chi connectivity index (χ4v) is 2.61. The summed E-state index contributed by atoms with van der Waals surface area (Å²) in [6, 6.07) is 12.9. The third kappa shape index (κ3) is 3.41. The molecule has 2 aromatic carbocycles. The maximum atomic E-state index is 9.75. The number of ether oxygens (including phenoxy) is 1. The van der Waals surface area contributed by atoms with Crippen LogP contribution in [0, 0.1) is 0 Å². The lowest BCUT2D eigenvalue weighted by atomic mass is 10.1. The molecule has 3 rings (SSSR count). The quantitative estimate of drug-likeness (QED) is 0.688. The van der Waals surface area contributed by atoms with Gasteiger partial charge in [-0.2, -0.15) is 0 Å². The van der Waals surface area contributed by atoms with Gasteiger partial charge in [0.1, 0.15) is 0 Å². The van der Waals surface area contributed by atoms with Crippen LogP contribution in [0.4, 0.5) is 0 Å². The fourth-order valence-electron chi connectivity index (χ4n) is 2.23. The largest absolute Gasteiger partial charge is 0.503 e. The molecule has 0 aliphatic carbocycles. The Hall–Kier alpha value is -2.23. The molecule has 1 heterocycles. The first-order valence-electron chi connectivity index (χ1n) is 6.88. The number of benzene rings is 2. The molecule has 0 amide bonds. The first-order chi connectivity index (χ1) is 11.1. The number of phenols is 1. The van der Waals surface area contributed by atoms with E-state index in [9.17, 15) is 5.11 Å². The second-order valence-corrected chi connectivity index (χ2v) is 5.80. The second kappa shape index (κ2) is 6.49. The van der Waals surface area contributed by atoms with Crippen molar-refractivity contribution in [2.24, 2.45) is 0 Å². The molecular formula is C18H13Cl2NO2. The normalized spacial score (nSPS) is 11.3. The average molecular weight is 346 g/mol. The molecule has 5 heteroatoms. The molecule has 23 heavy (non-hydrogen) atoms. The highest BCUT2D eigenvalue weighted by atomic mass is 35.5. The molecule has 0 fully saturated rings. The zero-order valence-corrected chi connectivity index (χ0v) is 13.8. The van der Waals surface area contributed by atoms with E-state index in [4.69, 9.17) is 27.9 Å². The third-order valence-electron chi connectivity index (χ3n) is 3.39. The lowest BCUT2D eigenvalue weighted by Crippen LogP contribution is -1.86. The van der Waals surface area contributed by atoms with Gasteiger partial charge in [0.15, 0.2) is 11.5 Å². The summed E-state index contributed by atoms with van der Waals surface area (Å²) in [5, 5.41) is 11.7. The van der Waals surface area contributed by atoms with E-state index >= 15 is 0 Å². The van der Waals surface area contributed by atoms with Crippen molar-refractivity contribution < 1.29 is 9.84 Å². The lowest BCUT2D eigenvalue weighted by Gasteiger charge is -2.06. The molecule has 3 nitrogen and oxygen atoms in total. The zero-order valence-electron chi connectivity index (χ0n) is 12.3. The van der Waals surface area contributed by atoms with Crippen LogP contribution in [0.15, 0.2) is 42.5 Å². The average Bonchev–Trinajstić information content (AvgIpc) is 2.55. The number of rotatable bonds is 3. The number of hydrogen-bond acceptors (Lipinski definition) is 3. The van der Waals surface area contributed by atoms with Gasteiger partial charge in [0.2, 0.25) is 0 Å². The smallest absolute Gasteiger partial charge is 0.176 e. The third-order valence-corrected chi connectivity index (χ3v) is 3.92. The Kier molecular flexibility index (Phi) is 4.42. The van der Waals surface area contributed by atoms with Gasteiger partial charge < -0.3 is 9.84 Å². The summed E-state index contributed by atoms with van der Waals surface area (Å²) in [6.45, 7) is 0. The SMILES string of the molecule is COc1cc(/C=C/c2ccc3ccc(Cl)cc3n2)cc(Cl)c1O.